The van der Waals surface area contributed by atoms with Crippen LogP contribution in [0.5, 0.6) is 0 Å². The number of hydrogen-bond acceptors (Lipinski definition) is 2. The summed E-state index contributed by atoms with van der Waals surface area (Å²) in [5.41, 5.74) is 6.23. The summed E-state index contributed by atoms with van der Waals surface area (Å²) < 4.78 is 0. The fourth-order valence-corrected chi connectivity index (χ4v) is 2.62. The quantitative estimate of drug-likeness (QED) is 0.867. The summed E-state index contributed by atoms with van der Waals surface area (Å²) >= 11 is 5.99. The number of hydrogen-bond donors (Lipinski definition) is 2. The van der Waals surface area contributed by atoms with Gasteiger partial charge < -0.3 is 11.1 Å². The fraction of sp³-hybridized carbons (Fsp3) is 0.462. The molecule has 2 atom stereocenters. The lowest BCUT2D eigenvalue weighted by atomic mass is 10.0. The maximum Gasteiger partial charge on any atom is 0.253 e. The van der Waals surface area contributed by atoms with E-state index >= 15 is 0 Å². The predicted molar refractivity (Wildman–Crippen MR) is 69.1 cm³/mol. The van der Waals surface area contributed by atoms with Crippen LogP contribution in [0.2, 0.25) is 5.02 Å². The standard InChI is InChI=1S/C13H17ClN2O/c14-11-6-2-1-5-10(11)13(17)16-12-7-3-4-9(12)8-15/h1-2,5-6,9,12H,3-4,7-8,15H2,(H,16,17). The molecule has 1 aromatic rings. The summed E-state index contributed by atoms with van der Waals surface area (Å²) in [5, 5.41) is 3.53. The lowest BCUT2D eigenvalue weighted by molar-refractivity contribution is 0.0929. The summed E-state index contributed by atoms with van der Waals surface area (Å²) in [5.74, 6) is 0.308. The number of carbonyl (C=O) groups excluding carboxylic acids is 1. The van der Waals surface area contributed by atoms with Gasteiger partial charge in [0.05, 0.1) is 10.6 Å². The van der Waals surface area contributed by atoms with Crippen LogP contribution in [0.15, 0.2) is 24.3 Å². The van der Waals surface area contributed by atoms with Crippen molar-refractivity contribution >= 4 is 17.5 Å². The zero-order chi connectivity index (χ0) is 12.3. The van der Waals surface area contributed by atoms with Gasteiger partial charge in [0, 0.05) is 6.04 Å². The Labute approximate surface area is 106 Å². The highest BCUT2D eigenvalue weighted by molar-refractivity contribution is 6.33. The molecule has 1 amide bonds. The Balaban J connectivity index is 2.04. The number of carbonyl (C=O) groups is 1. The molecule has 0 aliphatic heterocycles. The van der Waals surface area contributed by atoms with Gasteiger partial charge in [0.1, 0.15) is 0 Å². The maximum absolute atomic E-state index is 12.0. The minimum Gasteiger partial charge on any atom is -0.349 e. The van der Waals surface area contributed by atoms with Gasteiger partial charge in [-0.3, -0.25) is 4.79 Å². The highest BCUT2D eigenvalue weighted by Gasteiger charge is 2.27. The second-order valence-corrected chi connectivity index (χ2v) is 4.89. The molecule has 0 heterocycles. The zero-order valence-electron chi connectivity index (χ0n) is 9.66. The SMILES string of the molecule is NCC1CCCC1NC(=O)c1ccccc1Cl. The van der Waals surface area contributed by atoms with Gasteiger partial charge in [-0.15, -0.1) is 0 Å². The number of amides is 1. The molecule has 0 aromatic heterocycles. The second-order valence-electron chi connectivity index (χ2n) is 4.49. The first-order valence-corrected chi connectivity index (χ1v) is 6.35. The molecule has 3 nitrogen and oxygen atoms in total. The summed E-state index contributed by atoms with van der Waals surface area (Å²) in [6.45, 7) is 0.632. The topological polar surface area (TPSA) is 55.1 Å². The molecular weight excluding hydrogens is 236 g/mol. The average Bonchev–Trinajstić information content (AvgIpc) is 2.76. The highest BCUT2D eigenvalue weighted by Crippen LogP contribution is 2.25. The van der Waals surface area contributed by atoms with Gasteiger partial charge in [-0.25, -0.2) is 0 Å². The Morgan fingerprint density at radius 2 is 2.18 bits per heavy atom. The third-order valence-electron chi connectivity index (χ3n) is 3.40. The molecule has 0 saturated heterocycles. The number of nitrogens with one attached hydrogen (secondary N) is 1. The Bertz CT molecular complexity index is 408. The van der Waals surface area contributed by atoms with Gasteiger partial charge in [-0.1, -0.05) is 30.2 Å². The van der Waals surface area contributed by atoms with Crippen LogP contribution in [-0.4, -0.2) is 18.5 Å². The van der Waals surface area contributed by atoms with E-state index in [0.29, 0.717) is 23.0 Å². The molecule has 1 saturated carbocycles. The van der Waals surface area contributed by atoms with E-state index in [1.165, 1.54) is 0 Å². The van der Waals surface area contributed by atoms with Gasteiger partial charge in [0.2, 0.25) is 0 Å². The molecule has 0 radical (unpaired) electrons. The van der Waals surface area contributed by atoms with Crippen LogP contribution in [0, 0.1) is 5.92 Å². The van der Waals surface area contributed by atoms with Crippen LogP contribution in [0.25, 0.3) is 0 Å². The summed E-state index contributed by atoms with van der Waals surface area (Å²) in [7, 11) is 0. The van der Waals surface area contributed by atoms with Gasteiger partial charge in [0.25, 0.3) is 5.91 Å². The Morgan fingerprint density at radius 3 is 2.88 bits per heavy atom. The van der Waals surface area contributed by atoms with Crippen molar-refractivity contribution in [3.05, 3.63) is 34.9 Å². The van der Waals surface area contributed by atoms with Gasteiger partial charge >= 0.3 is 0 Å². The summed E-state index contributed by atoms with van der Waals surface area (Å²) in [6, 6.07) is 7.30. The Kier molecular flexibility index (Phi) is 4.02. The molecule has 17 heavy (non-hydrogen) atoms. The van der Waals surface area contributed by atoms with E-state index in [1.54, 1.807) is 12.1 Å². The van der Waals surface area contributed by atoms with Gasteiger partial charge in [-0.2, -0.15) is 0 Å². The lowest BCUT2D eigenvalue weighted by Crippen LogP contribution is -2.39. The summed E-state index contributed by atoms with van der Waals surface area (Å²) in [4.78, 5) is 12.0. The highest BCUT2D eigenvalue weighted by atomic mass is 35.5. The van der Waals surface area contributed by atoms with Crippen LogP contribution in [0.4, 0.5) is 0 Å². The Hall–Kier alpha value is -1.06. The Morgan fingerprint density at radius 1 is 1.41 bits per heavy atom. The largest absolute Gasteiger partial charge is 0.349 e. The van der Waals surface area contributed by atoms with Crippen molar-refractivity contribution in [3.63, 3.8) is 0 Å². The van der Waals surface area contributed by atoms with Crippen molar-refractivity contribution in [2.24, 2.45) is 11.7 Å². The third kappa shape index (κ3) is 2.79. The van der Waals surface area contributed by atoms with Crippen molar-refractivity contribution < 1.29 is 4.79 Å². The van der Waals surface area contributed by atoms with Crippen molar-refractivity contribution in [1.82, 2.24) is 5.32 Å². The fourth-order valence-electron chi connectivity index (χ4n) is 2.40. The molecule has 1 aliphatic carbocycles. The van der Waals surface area contributed by atoms with Gasteiger partial charge in [0.15, 0.2) is 0 Å². The van der Waals surface area contributed by atoms with Crippen molar-refractivity contribution in [2.45, 2.75) is 25.3 Å². The maximum atomic E-state index is 12.0. The minimum absolute atomic E-state index is 0.0963. The van der Waals surface area contributed by atoms with Crippen molar-refractivity contribution in [2.75, 3.05) is 6.54 Å². The predicted octanol–water partition coefficient (Wildman–Crippen LogP) is 2.20. The molecular formula is C13H17ClN2O. The van der Waals surface area contributed by atoms with Crippen molar-refractivity contribution in [1.29, 1.82) is 0 Å². The monoisotopic (exact) mass is 252 g/mol. The smallest absolute Gasteiger partial charge is 0.253 e. The molecule has 1 fully saturated rings. The second kappa shape index (κ2) is 5.52. The average molecular weight is 253 g/mol. The number of benzene rings is 1. The van der Waals surface area contributed by atoms with Crippen LogP contribution in [0.1, 0.15) is 29.6 Å². The molecule has 2 unspecified atom stereocenters. The van der Waals surface area contributed by atoms with E-state index in [4.69, 9.17) is 17.3 Å². The molecule has 1 aromatic carbocycles. The molecule has 1 aliphatic rings. The first kappa shape index (κ1) is 12.4. The number of rotatable bonds is 3. The molecule has 2 rings (SSSR count). The van der Waals surface area contributed by atoms with Crippen LogP contribution >= 0.6 is 11.6 Å². The molecule has 3 N–H and O–H groups in total. The number of nitrogens with two attached hydrogens (primary N) is 1. The van der Waals surface area contributed by atoms with E-state index in [9.17, 15) is 4.79 Å². The van der Waals surface area contributed by atoms with E-state index in [2.05, 4.69) is 5.32 Å². The van der Waals surface area contributed by atoms with Crippen LogP contribution < -0.4 is 11.1 Å². The minimum atomic E-state index is -0.0963. The molecule has 0 bridgehead atoms. The van der Waals surface area contributed by atoms with Crippen LogP contribution in [0.3, 0.4) is 0 Å². The lowest BCUT2D eigenvalue weighted by Gasteiger charge is -2.19. The third-order valence-corrected chi connectivity index (χ3v) is 3.73. The van der Waals surface area contributed by atoms with E-state index in [-0.39, 0.29) is 11.9 Å². The molecule has 0 spiro atoms. The first-order valence-electron chi connectivity index (χ1n) is 5.98. The van der Waals surface area contributed by atoms with Crippen molar-refractivity contribution in [3.8, 4) is 0 Å². The van der Waals surface area contributed by atoms with Crippen LogP contribution in [-0.2, 0) is 0 Å². The zero-order valence-corrected chi connectivity index (χ0v) is 10.4. The molecule has 4 heteroatoms. The summed E-state index contributed by atoms with van der Waals surface area (Å²) in [6.07, 6.45) is 3.25. The van der Waals surface area contributed by atoms with Gasteiger partial charge in [-0.05, 0) is 37.4 Å². The van der Waals surface area contributed by atoms with E-state index in [0.717, 1.165) is 19.3 Å². The first-order chi connectivity index (χ1) is 8.22. The molecule has 92 valence electrons. The van der Waals surface area contributed by atoms with E-state index < -0.39 is 0 Å². The van der Waals surface area contributed by atoms with E-state index in [1.807, 2.05) is 12.1 Å². The normalized spacial score (nSPS) is 23.6. The number of halogens is 1.